The van der Waals surface area contributed by atoms with E-state index in [0.717, 1.165) is 5.76 Å². The van der Waals surface area contributed by atoms with Crippen molar-refractivity contribution in [1.29, 1.82) is 0 Å². The van der Waals surface area contributed by atoms with Gasteiger partial charge >= 0.3 is 6.61 Å². The van der Waals surface area contributed by atoms with Crippen molar-refractivity contribution in [3.63, 3.8) is 0 Å². The highest BCUT2D eigenvalue weighted by Crippen LogP contribution is 2.21. The second-order valence-corrected chi connectivity index (χ2v) is 4.10. The van der Waals surface area contributed by atoms with Gasteiger partial charge in [0, 0.05) is 12.1 Å². The first-order valence-electron chi connectivity index (χ1n) is 5.96. The molecule has 1 atom stereocenters. The fourth-order valence-corrected chi connectivity index (χ4v) is 1.76. The van der Waals surface area contributed by atoms with Gasteiger partial charge in [0.25, 0.3) is 0 Å². The summed E-state index contributed by atoms with van der Waals surface area (Å²) in [4.78, 5) is 0. The van der Waals surface area contributed by atoms with E-state index < -0.39 is 6.61 Å². The molecule has 102 valence electrons. The number of halogens is 2. The number of alkyl halides is 2. The van der Waals surface area contributed by atoms with Crippen LogP contribution in [0.15, 0.2) is 47.1 Å². The van der Waals surface area contributed by atoms with Crippen LogP contribution in [0.3, 0.4) is 0 Å². The molecular formula is C14H15F2NO2. The monoisotopic (exact) mass is 267 g/mol. The molecule has 1 aromatic heterocycles. The summed E-state index contributed by atoms with van der Waals surface area (Å²) >= 11 is 0. The molecule has 0 aliphatic rings. The third-order valence-corrected chi connectivity index (χ3v) is 2.76. The second-order valence-electron chi connectivity index (χ2n) is 4.10. The number of para-hydroxylation sites is 1. The predicted molar refractivity (Wildman–Crippen MR) is 67.0 cm³/mol. The van der Waals surface area contributed by atoms with Crippen LogP contribution in [-0.2, 0) is 6.54 Å². The van der Waals surface area contributed by atoms with E-state index in [-0.39, 0.29) is 11.8 Å². The molecular weight excluding hydrogens is 252 g/mol. The Morgan fingerprint density at radius 2 is 2.00 bits per heavy atom. The minimum absolute atomic E-state index is 0.00499. The maximum Gasteiger partial charge on any atom is 0.387 e. The molecule has 0 radical (unpaired) electrons. The summed E-state index contributed by atoms with van der Waals surface area (Å²) in [6.45, 7) is -0.455. The Kier molecular flexibility index (Phi) is 4.52. The average Bonchev–Trinajstić information content (AvgIpc) is 2.90. The largest absolute Gasteiger partial charge is 0.468 e. The van der Waals surface area contributed by atoms with Crippen molar-refractivity contribution in [2.75, 3.05) is 0 Å². The van der Waals surface area contributed by atoms with Crippen LogP contribution in [0.2, 0.25) is 0 Å². The molecule has 3 nitrogen and oxygen atoms in total. The third-order valence-electron chi connectivity index (χ3n) is 2.76. The fraction of sp³-hybridized carbons (Fsp3) is 0.286. The predicted octanol–water partition coefficient (Wildman–Crippen LogP) is 3.73. The number of nitrogens with one attached hydrogen (secondary N) is 1. The van der Waals surface area contributed by atoms with E-state index in [1.165, 1.54) is 6.07 Å². The highest BCUT2D eigenvalue weighted by Gasteiger charge is 2.11. The van der Waals surface area contributed by atoms with Crippen LogP contribution >= 0.6 is 0 Å². The Balaban J connectivity index is 1.99. The summed E-state index contributed by atoms with van der Waals surface area (Å²) in [6, 6.07) is 10.4. The quantitative estimate of drug-likeness (QED) is 0.866. The molecule has 1 N–H and O–H groups in total. The molecule has 0 spiro atoms. The molecule has 0 aliphatic heterocycles. The third kappa shape index (κ3) is 3.79. The summed E-state index contributed by atoms with van der Waals surface area (Å²) in [5, 5.41) is 3.20. The topological polar surface area (TPSA) is 34.4 Å². The van der Waals surface area contributed by atoms with E-state index in [4.69, 9.17) is 4.42 Å². The molecule has 1 heterocycles. The number of rotatable bonds is 6. The minimum atomic E-state index is -2.82. The molecule has 0 unspecified atom stereocenters. The fourth-order valence-electron chi connectivity index (χ4n) is 1.76. The van der Waals surface area contributed by atoms with Gasteiger partial charge in [-0.2, -0.15) is 8.78 Å². The molecule has 2 aromatic rings. The first-order chi connectivity index (χ1) is 9.16. The van der Waals surface area contributed by atoms with Crippen LogP contribution < -0.4 is 10.1 Å². The summed E-state index contributed by atoms with van der Waals surface area (Å²) in [6.07, 6.45) is 1.60. The molecule has 0 aliphatic carbocycles. The van der Waals surface area contributed by atoms with Crippen molar-refractivity contribution in [1.82, 2.24) is 5.32 Å². The van der Waals surface area contributed by atoms with Gasteiger partial charge in [-0.15, -0.1) is 0 Å². The first-order valence-corrected chi connectivity index (χ1v) is 5.96. The SMILES string of the molecule is C[C@H](NCc1ccccc1OC(F)F)c1ccco1. The van der Waals surface area contributed by atoms with E-state index in [2.05, 4.69) is 10.1 Å². The Hall–Kier alpha value is -1.88. The molecule has 19 heavy (non-hydrogen) atoms. The lowest BCUT2D eigenvalue weighted by molar-refractivity contribution is -0.0505. The second kappa shape index (κ2) is 6.33. The van der Waals surface area contributed by atoms with E-state index in [1.54, 1.807) is 30.5 Å². The molecule has 2 rings (SSSR count). The first kappa shape index (κ1) is 13.5. The molecule has 0 saturated heterocycles. The van der Waals surface area contributed by atoms with E-state index in [0.29, 0.717) is 12.1 Å². The Morgan fingerprint density at radius 3 is 2.68 bits per heavy atom. The highest BCUT2D eigenvalue weighted by atomic mass is 19.3. The number of furan rings is 1. The van der Waals surface area contributed by atoms with Crippen LogP contribution in [0, 0.1) is 0 Å². The number of hydrogen-bond donors (Lipinski definition) is 1. The van der Waals surface area contributed by atoms with Crippen LogP contribution in [0.1, 0.15) is 24.3 Å². The normalized spacial score (nSPS) is 12.6. The number of hydrogen-bond acceptors (Lipinski definition) is 3. The van der Waals surface area contributed by atoms with Crippen LogP contribution in [0.4, 0.5) is 8.78 Å². The van der Waals surface area contributed by atoms with Gasteiger partial charge in [-0.3, -0.25) is 0 Å². The Labute approximate surface area is 110 Å². The lowest BCUT2D eigenvalue weighted by atomic mass is 10.2. The Morgan fingerprint density at radius 1 is 1.21 bits per heavy atom. The van der Waals surface area contributed by atoms with Crippen molar-refractivity contribution >= 4 is 0 Å². The standard InChI is InChI=1S/C14H15F2NO2/c1-10(12-7-4-8-18-12)17-9-11-5-2-3-6-13(11)19-14(15)16/h2-8,10,14,17H,9H2,1H3/t10-/m0/s1. The zero-order chi connectivity index (χ0) is 13.7. The van der Waals surface area contributed by atoms with Gasteiger partial charge in [-0.25, -0.2) is 0 Å². The summed E-state index contributed by atoms with van der Waals surface area (Å²) < 4.78 is 34.3. The van der Waals surface area contributed by atoms with E-state index in [9.17, 15) is 8.78 Å². The van der Waals surface area contributed by atoms with Crippen molar-refractivity contribution in [3.05, 3.63) is 54.0 Å². The van der Waals surface area contributed by atoms with Crippen molar-refractivity contribution in [2.24, 2.45) is 0 Å². The maximum atomic E-state index is 12.3. The van der Waals surface area contributed by atoms with Gasteiger partial charge in [0.2, 0.25) is 0 Å². The van der Waals surface area contributed by atoms with Gasteiger partial charge in [-0.1, -0.05) is 18.2 Å². The molecule has 0 fully saturated rings. The zero-order valence-corrected chi connectivity index (χ0v) is 10.5. The molecule has 1 aromatic carbocycles. The van der Waals surface area contributed by atoms with Crippen molar-refractivity contribution < 1.29 is 17.9 Å². The molecule has 0 bridgehead atoms. The van der Waals surface area contributed by atoms with Gasteiger partial charge in [0.1, 0.15) is 11.5 Å². The van der Waals surface area contributed by atoms with Gasteiger partial charge in [0.05, 0.1) is 12.3 Å². The van der Waals surface area contributed by atoms with Gasteiger partial charge < -0.3 is 14.5 Å². The maximum absolute atomic E-state index is 12.3. The summed E-state index contributed by atoms with van der Waals surface area (Å²) in [5.74, 6) is 0.990. The molecule has 0 amide bonds. The van der Waals surface area contributed by atoms with Crippen molar-refractivity contribution in [3.8, 4) is 5.75 Å². The number of benzene rings is 1. The number of ether oxygens (including phenoxy) is 1. The van der Waals surface area contributed by atoms with Crippen LogP contribution in [0.5, 0.6) is 5.75 Å². The smallest absolute Gasteiger partial charge is 0.387 e. The minimum Gasteiger partial charge on any atom is -0.468 e. The average molecular weight is 267 g/mol. The van der Waals surface area contributed by atoms with E-state index >= 15 is 0 Å². The summed E-state index contributed by atoms with van der Waals surface area (Å²) in [7, 11) is 0. The summed E-state index contributed by atoms with van der Waals surface area (Å²) in [5.41, 5.74) is 0.682. The molecule has 5 heteroatoms. The Bertz CT molecular complexity index is 500. The van der Waals surface area contributed by atoms with E-state index in [1.807, 2.05) is 13.0 Å². The van der Waals surface area contributed by atoms with Crippen molar-refractivity contribution in [2.45, 2.75) is 26.1 Å². The zero-order valence-electron chi connectivity index (χ0n) is 10.5. The van der Waals surface area contributed by atoms with Crippen LogP contribution in [0.25, 0.3) is 0 Å². The highest BCUT2D eigenvalue weighted by molar-refractivity contribution is 5.33. The van der Waals surface area contributed by atoms with Gasteiger partial charge in [0.15, 0.2) is 0 Å². The van der Waals surface area contributed by atoms with Gasteiger partial charge in [-0.05, 0) is 25.1 Å². The lowest BCUT2D eigenvalue weighted by Crippen LogP contribution is -2.18. The van der Waals surface area contributed by atoms with Crippen LogP contribution in [-0.4, -0.2) is 6.61 Å². The lowest BCUT2D eigenvalue weighted by Gasteiger charge is -2.14. The molecule has 0 saturated carbocycles.